The molecule has 0 aliphatic heterocycles. The van der Waals surface area contributed by atoms with Crippen LogP contribution in [-0.4, -0.2) is 22.2 Å². The molecule has 3 aromatic rings. The summed E-state index contributed by atoms with van der Waals surface area (Å²) in [6, 6.07) is 17.2. The Kier molecular flexibility index (Phi) is 7.03. The van der Waals surface area contributed by atoms with Crippen molar-refractivity contribution in [3.05, 3.63) is 93.5 Å². The molecule has 3 aromatic carbocycles. The first-order chi connectivity index (χ1) is 16.4. The molecule has 0 bridgehead atoms. The number of aromatic carboxylic acids is 2. The lowest BCUT2D eigenvalue weighted by Crippen LogP contribution is -2.16. The van der Waals surface area contributed by atoms with E-state index in [2.05, 4.69) is 57.2 Å². The molecule has 0 amide bonds. The van der Waals surface area contributed by atoms with E-state index in [9.17, 15) is 9.59 Å². The number of carboxylic acids is 2. The van der Waals surface area contributed by atoms with Crippen molar-refractivity contribution in [3.63, 3.8) is 0 Å². The summed E-state index contributed by atoms with van der Waals surface area (Å²) in [6.45, 7) is 8.78. The summed E-state index contributed by atoms with van der Waals surface area (Å²) in [5.74, 6) is -2.38. The first-order valence-electron chi connectivity index (χ1n) is 11.2. The van der Waals surface area contributed by atoms with Crippen LogP contribution in [0.4, 0.5) is 11.4 Å². The zero-order chi connectivity index (χ0) is 26.1. The highest BCUT2D eigenvalue weighted by Gasteiger charge is 2.36. The van der Waals surface area contributed by atoms with Crippen LogP contribution in [0.25, 0.3) is 11.1 Å². The molecule has 0 heterocycles. The Labute approximate surface area is 204 Å². The summed E-state index contributed by atoms with van der Waals surface area (Å²) in [5, 5.41) is 17.4. The third-order valence-electron chi connectivity index (χ3n) is 6.58. The lowest BCUT2D eigenvalue weighted by atomic mass is 9.78. The van der Waals surface area contributed by atoms with Gasteiger partial charge in [-0.1, -0.05) is 50.2 Å². The van der Waals surface area contributed by atoms with Gasteiger partial charge in [0, 0.05) is 23.3 Å². The number of hydrogen-bond acceptors (Lipinski definition) is 5. The molecular weight excluding hydrogens is 442 g/mol. The molecule has 4 rings (SSSR count). The van der Waals surface area contributed by atoms with Gasteiger partial charge in [0.2, 0.25) is 0 Å². The van der Waals surface area contributed by atoms with Gasteiger partial charge in [-0.2, -0.15) is 0 Å². The minimum absolute atomic E-state index is 0.00263. The predicted molar refractivity (Wildman–Crippen MR) is 140 cm³/mol. The number of fused-ring (bicyclic) bond motifs is 1. The highest BCUT2D eigenvalue weighted by Crippen LogP contribution is 2.50. The van der Waals surface area contributed by atoms with Gasteiger partial charge in [-0.05, 0) is 71.0 Å². The monoisotopic (exact) mass is 473 g/mol. The molecule has 1 aliphatic rings. The van der Waals surface area contributed by atoms with E-state index in [4.69, 9.17) is 27.4 Å². The number of carboxylic acid groups (broad SMARTS) is 2. The molecule has 1 aliphatic carbocycles. The van der Waals surface area contributed by atoms with E-state index >= 15 is 0 Å². The number of nitrogens with two attached hydrogens (primary N) is 3. The Morgan fingerprint density at radius 2 is 1.54 bits per heavy atom. The lowest BCUT2D eigenvalue weighted by Gasteiger charge is -2.25. The van der Waals surface area contributed by atoms with Crippen molar-refractivity contribution >= 4 is 34.5 Å². The SMILES string of the molecule is CC1=C(c2ccc(CN)c(N)c2)C(C)(C)c2ccccc21.Cc1c(N)cc(C(=O)O)cc1C(=O)O. The molecule has 8 N–H and O–H groups in total. The minimum atomic E-state index is -1.20. The Morgan fingerprint density at radius 3 is 2.09 bits per heavy atom. The second kappa shape index (κ2) is 9.64. The van der Waals surface area contributed by atoms with Crippen molar-refractivity contribution in [3.8, 4) is 0 Å². The number of carbonyl (C=O) groups is 2. The summed E-state index contributed by atoms with van der Waals surface area (Å²) in [6.07, 6.45) is 0. The summed E-state index contributed by atoms with van der Waals surface area (Å²) >= 11 is 0. The molecule has 182 valence electrons. The van der Waals surface area contributed by atoms with Gasteiger partial charge in [0.15, 0.2) is 0 Å². The van der Waals surface area contributed by atoms with Gasteiger partial charge in [0.25, 0.3) is 0 Å². The summed E-state index contributed by atoms with van der Waals surface area (Å²) < 4.78 is 0. The molecule has 0 atom stereocenters. The fraction of sp³-hybridized carbons (Fsp3) is 0.214. The molecule has 0 spiro atoms. The van der Waals surface area contributed by atoms with Gasteiger partial charge in [0.05, 0.1) is 11.1 Å². The topological polar surface area (TPSA) is 153 Å². The normalized spacial score (nSPS) is 13.6. The molecule has 0 radical (unpaired) electrons. The van der Waals surface area contributed by atoms with Crippen molar-refractivity contribution in [1.29, 1.82) is 0 Å². The van der Waals surface area contributed by atoms with Crippen LogP contribution in [-0.2, 0) is 12.0 Å². The average molecular weight is 474 g/mol. The first-order valence-corrected chi connectivity index (χ1v) is 11.2. The van der Waals surface area contributed by atoms with Gasteiger partial charge >= 0.3 is 11.9 Å². The standard InChI is InChI=1S/C19H22N2.C9H9NO4/c1-12-15-6-4-5-7-16(15)19(2,3)18(12)13-8-9-14(11-20)17(21)10-13;1-4-6(9(13)14)2-5(8(11)12)3-7(4)10/h4-10H,11,20-21H2,1-3H3;2-3H,10H2,1H3,(H,11,12)(H,13,14). The maximum absolute atomic E-state index is 10.7. The zero-order valence-electron chi connectivity index (χ0n) is 20.3. The van der Waals surface area contributed by atoms with Crippen LogP contribution in [0, 0.1) is 6.92 Å². The van der Waals surface area contributed by atoms with Crippen molar-refractivity contribution in [2.75, 3.05) is 11.5 Å². The third kappa shape index (κ3) is 4.76. The largest absolute Gasteiger partial charge is 0.478 e. The van der Waals surface area contributed by atoms with Crippen molar-refractivity contribution in [1.82, 2.24) is 0 Å². The number of rotatable bonds is 4. The maximum Gasteiger partial charge on any atom is 0.336 e. The van der Waals surface area contributed by atoms with E-state index in [1.165, 1.54) is 40.8 Å². The number of nitrogen functional groups attached to an aromatic ring is 2. The molecule has 7 heteroatoms. The lowest BCUT2D eigenvalue weighted by molar-refractivity contribution is 0.0695. The minimum Gasteiger partial charge on any atom is -0.478 e. The molecule has 0 saturated carbocycles. The Morgan fingerprint density at radius 1 is 0.886 bits per heavy atom. The van der Waals surface area contributed by atoms with Gasteiger partial charge in [-0.25, -0.2) is 9.59 Å². The van der Waals surface area contributed by atoms with Crippen LogP contribution < -0.4 is 17.2 Å². The van der Waals surface area contributed by atoms with E-state index < -0.39 is 11.9 Å². The highest BCUT2D eigenvalue weighted by atomic mass is 16.4. The smallest absolute Gasteiger partial charge is 0.336 e. The summed E-state index contributed by atoms with van der Waals surface area (Å²) in [4.78, 5) is 21.3. The summed E-state index contributed by atoms with van der Waals surface area (Å²) in [7, 11) is 0. The van der Waals surface area contributed by atoms with Crippen LogP contribution in [0.2, 0.25) is 0 Å². The van der Waals surface area contributed by atoms with Gasteiger partial charge in [-0.3, -0.25) is 0 Å². The van der Waals surface area contributed by atoms with Crippen LogP contribution in [0.15, 0.2) is 54.6 Å². The van der Waals surface area contributed by atoms with E-state index in [0.29, 0.717) is 12.1 Å². The van der Waals surface area contributed by atoms with Gasteiger partial charge in [-0.15, -0.1) is 0 Å². The number of hydrogen-bond donors (Lipinski definition) is 5. The van der Waals surface area contributed by atoms with Crippen LogP contribution in [0.3, 0.4) is 0 Å². The Bertz CT molecular complexity index is 1360. The third-order valence-corrected chi connectivity index (χ3v) is 6.58. The Balaban J connectivity index is 0.000000214. The molecule has 0 unspecified atom stereocenters. The van der Waals surface area contributed by atoms with Crippen LogP contribution in [0.1, 0.15) is 69.3 Å². The molecule has 0 aromatic heterocycles. The van der Waals surface area contributed by atoms with Crippen LogP contribution in [0.5, 0.6) is 0 Å². The number of allylic oxidation sites excluding steroid dienone is 2. The van der Waals surface area contributed by atoms with E-state index in [0.717, 1.165) is 17.3 Å². The molecule has 7 nitrogen and oxygen atoms in total. The second-order valence-electron chi connectivity index (χ2n) is 9.14. The van der Waals surface area contributed by atoms with Gasteiger partial charge < -0.3 is 27.4 Å². The molecule has 0 fully saturated rings. The van der Waals surface area contributed by atoms with Crippen molar-refractivity contribution < 1.29 is 19.8 Å². The maximum atomic E-state index is 10.7. The molecule has 35 heavy (non-hydrogen) atoms. The van der Waals surface area contributed by atoms with Crippen LogP contribution >= 0.6 is 0 Å². The quantitative estimate of drug-likeness (QED) is 0.337. The molecular formula is C28H31N3O4. The summed E-state index contributed by atoms with van der Waals surface area (Å²) in [5.41, 5.74) is 26.1. The van der Waals surface area contributed by atoms with E-state index in [-0.39, 0.29) is 22.2 Å². The fourth-order valence-electron chi connectivity index (χ4n) is 4.69. The van der Waals surface area contributed by atoms with E-state index in [1.807, 2.05) is 6.07 Å². The second-order valence-corrected chi connectivity index (χ2v) is 9.14. The first kappa shape index (κ1) is 25.5. The van der Waals surface area contributed by atoms with E-state index in [1.54, 1.807) is 0 Å². The van der Waals surface area contributed by atoms with Crippen molar-refractivity contribution in [2.45, 2.75) is 39.7 Å². The Hall–Kier alpha value is -4.10. The number of anilines is 2. The van der Waals surface area contributed by atoms with Crippen molar-refractivity contribution in [2.24, 2.45) is 5.73 Å². The molecule has 0 saturated heterocycles. The highest BCUT2D eigenvalue weighted by molar-refractivity contribution is 6.01. The predicted octanol–water partition coefficient (Wildman–Crippen LogP) is 4.92. The fourth-order valence-corrected chi connectivity index (χ4v) is 4.69. The van der Waals surface area contributed by atoms with Gasteiger partial charge in [0.1, 0.15) is 0 Å². The average Bonchev–Trinajstić information content (AvgIpc) is 3.01. The number of benzene rings is 3. The zero-order valence-corrected chi connectivity index (χ0v) is 20.3.